The van der Waals surface area contributed by atoms with E-state index >= 15 is 0 Å². The monoisotopic (exact) mass is 284 g/mol. The van der Waals surface area contributed by atoms with E-state index in [1.54, 1.807) is 0 Å². The molecule has 0 saturated heterocycles. The Kier molecular flexibility index (Phi) is 4.13. The highest BCUT2D eigenvalue weighted by Crippen LogP contribution is 2.35. The molecule has 1 aromatic carbocycles. The van der Waals surface area contributed by atoms with Crippen LogP contribution in [0, 0.1) is 0 Å². The maximum atomic E-state index is 11.7. The van der Waals surface area contributed by atoms with Crippen molar-refractivity contribution in [2.45, 2.75) is 51.4 Å². The number of fused-ring (bicyclic) bond motifs is 1. The number of hydrogen-bond donors (Lipinski definition) is 0. The van der Waals surface area contributed by atoms with Gasteiger partial charge in [0.15, 0.2) is 5.82 Å². The first-order valence-corrected chi connectivity index (χ1v) is 7.70. The van der Waals surface area contributed by atoms with E-state index in [1.807, 2.05) is 6.92 Å². The van der Waals surface area contributed by atoms with Crippen LogP contribution in [-0.4, -0.2) is 15.9 Å². The van der Waals surface area contributed by atoms with Crippen LogP contribution >= 0.6 is 0 Å². The first kappa shape index (κ1) is 14.0. The number of hydrogen-bond acceptors (Lipinski definition) is 4. The molecule has 0 bridgehead atoms. The van der Waals surface area contributed by atoms with Gasteiger partial charge in [-0.1, -0.05) is 36.3 Å². The lowest BCUT2D eigenvalue weighted by Crippen LogP contribution is -2.12. The lowest BCUT2D eigenvalue weighted by molar-refractivity contribution is -0.118. The fraction of sp³-hybridized carbons (Fsp3) is 0.471. The van der Waals surface area contributed by atoms with Gasteiger partial charge in [-0.2, -0.15) is 4.98 Å². The average Bonchev–Trinajstić information content (AvgIpc) is 2.95. The Morgan fingerprint density at radius 2 is 2.24 bits per heavy atom. The molecule has 2 aromatic rings. The summed E-state index contributed by atoms with van der Waals surface area (Å²) in [5.41, 5.74) is 2.68. The molecule has 4 heteroatoms. The van der Waals surface area contributed by atoms with Crippen LogP contribution in [0.3, 0.4) is 0 Å². The molecule has 0 radical (unpaired) electrons. The van der Waals surface area contributed by atoms with Gasteiger partial charge in [0.1, 0.15) is 5.78 Å². The number of ketones is 1. The first-order chi connectivity index (χ1) is 10.3. The van der Waals surface area contributed by atoms with Crippen LogP contribution < -0.4 is 0 Å². The zero-order chi connectivity index (χ0) is 14.7. The summed E-state index contributed by atoms with van der Waals surface area (Å²) in [5, 5.41) is 4.11. The van der Waals surface area contributed by atoms with E-state index in [-0.39, 0.29) is 18.1 Å². The Morgan fingerprint density at radius 3 is 3.10 bits per heavy atom. The highest BCUT2D eigenvalue weighted by molar-refractivity contribution is 5.79. The lowest BCUT2D eigenvalue weighted by Gasteiger charge is -2.22. The topological polar surface area (TPSA) is 56.0 Å². The van der Waals surface area contributed by atoms with Crippen LogP contribution in [-0.2, 0) is 17.6 Å². The van der Waals surface area contributed by atoms with Gasteiger partial charge in [-0.15, -0.1) is 0 Å². The number of rotatable bonds is 5. The average molecular weight is 284 g/mol. The second-order valence-electron chi connectivity index (χ2n) is 5.66. The Balaban J connectivity index is 1.79. The Hall–Kier alpha value is -1.97. The Morgan fingerprint density at radius 1 is 1.38 bits per heavy atom. The minimum Gasteiger partial charge on any atom is -0.339 e. The van der Waals surface area contributed by atoms with E-state index in [0.29, 0.717) is 12.3 Å². The molecule has 4 nitrogen and oxygen atoms in total. The predicted molar refractivity (Wildman–Crippen MR) is 79.1 cm³/mol. The fourth-order valence-electron chi connectivity index (χ4n) is 3.04. The molecule has 110 valence electrons. The van der Waals surface area contributed by atoms with Crippen molar-refractivity contribution in [3.63, 3.8) is 0 Å². The number of nitrogens with zero attached hydrogens (tertiary/aromatic N) is 2. The summed E-state index contributed by atoms with van der Waals surface area (Å²) in [6, 6.07) is 8.46. The molecule has 1 aliphatic carbocycles. The summed E-state index contributed by atoms with van der Waals surface area (Å²) in [6.45, 7) is 2.00. The van der Waals surface area contributed by atoms with Crippen LogP contribution in [0.25, 0.3) is 0 Å². The summed E-state index contributed by atoms with van der Waals surface area (Å²) in [7, 11) is 0. The van der Waals surface area contributed by atoms with Gasteiger partial charge in [0.25, 0.3) is 0 Å². The minimum absolute atomic E-state index is 0.164. The molecule has 0 spiro atoms. The van der Waals surface area contributed by atoms with E-state index in [4.69, 9.17) is 4.52 Å². The molecule has 3 rings (SSSR count). The highest BCUT2D eigenvalue weighted by atomic mass is 16.5. The van der Waals surface area contributed by atoms with Crippen LogP contribution in [0.2, 0.25) is 0 Å². The third kappa shape index (κ3) is 3.04. The third-order valence-electron chi connectivity index (χ3n) is 4.04. The highest BCUT2D eigenvalue weighted by Gasteiger charge is 2.25. The van der Waals surface area contributed by atoms with Gasteiger partial charge in [0, 0.05) is 12.3 Å². The van der Waals surface area contributed by atoms with Gasteiger partial charge in [0.2, 0.25) is 5.89 Å². The van der Waals surface area contributed by atoms with Gasteiger partial charge in [0.05, 0.1) is 6.42 Å². The van der Waals surface area contributed by atoms with E-state index in [9.17, 15) is 4.79 Å². The van der Waals surface area contributed by atoms with Gasteiger partial charge >= 0.3 is 0 Å². The van der Waals surface area contributed by atoms with E-state index in [0.717, 1.165) is 31.5 Å². The number of Topliss-reactive ketones (excluding diaryl/α,β-unsaturated/α-hetero) is 1. The number of aromatic nitrogens is 2. The maximum absolute atomic E-state index is 11.7. The molecular weight excluding hydrogens is 264 g/mol. The van der Waals surface area contributed by atoms with Crippen molar-refractivity contribution in [1.82, 2.24) is 10.1 Å². The van der Waals surface area contributed by atoms with Crippen molar-refractivity contribution in [1.29, 1.82) is 0 Å². The molecule has 21 heavy (non-hydrogen) atoms. The van der Waals surface area contributed by atoms with Crippen LogP contribution in [0.5, 0.6) is 0 Å². The summed E-state index contributed by atoms with van der Waals surface area (Å²) in [6.07, 6.45) is 4.99. The molecule has 0 N–H and O–H groups in total. The molecular formula is C17H20N2O2. The molecule has 0 amide bonds. The fourth-order valence-corrected chi connectivity index (χ4v) is 3.04. The molecule has 1 heterocycles. The van der Waals surface area contributed by atoms with Gasteiger partial charge in [-0.25, -0.2) is 0 Å². The van der Waals surface area contributed by atoms with Crippen molar-refractivity contribution in [3.8, 4) is 0 Å². The van der Waals surface area contributed by atoms with E-state index in [1.165, 1.54) is 11.1 Å². The number of carbonyl (C=O) groups is 1. The summed E-state index contributed by atoms with van der Waals surface area (Å²) >= 11 is 0. The van der Waals surface area contributed by atoms with Crippen molar-refractivity contribution >= 4 is 5.78 Å². The van der Waals surface area contributed by atoms with Gasteiger partial charge < -0.3 is 4.52 Å². The lowest BCUT2D eigenvalue weighted by atomic mass is 9.82. The molecule has 1 aromatic heterocycles. The Bertz CT molecular complexity index is 633. The van der Waals surface area contributed by atoms with Gasteiger partial charge in [-0.05, 0) is 36.8 Å². The predicted octanol–water partition coefficient (Wildman–Crippen LogP) is 3.45. The third-order valence-corrected chi connectivity index (χ3v) is 4.04. The molecule has 0 aliphatic heterocycles. The van der Waals surface area contributed by atoms with E-state index < -0.39 is 0 Å². The van der Waals surface area contributed by atoms with Crippen LogP contribution in [0.15, 0.2) is 28.8 Å². The van der Waals surface area contributed by atoms with Crippen molar-refractivity contribution in [2.24, 2.45) is 0 Å². The van der Waals surface area contributed by atoms with Crippen molar-refractivity contribution in [2.75, 3.05) is 0 Å². The van der Waals surface area contributed by atoms with Crippen molar-refractivity contribution < 1.29 is 9.32 Å². The number of carbonyl (C=O) groups excluding carboxylic acids is 1. The SMILES string of the molecule is CCCC(=O)Cc1nc(C2CCCc3ccccc32)no1. The summed E-state index contributed by atoms with van der Waals surface area (Å²) in [5.74, 6) is 1.54. The number of benzene rings is 1. The zero-order valence-electron chi connectivity index (χ0n) is 12.3. The van der Waals surface area contributed by atoms with E-state index in [2.05, 4.69) is 34.4 Å². The smallest absolute Gasteiger partial charge is 0.234 e. The largest absolute Gasteiger partial charge is 0.339 e. The summed E-state index contributed by atoms with van der Waals surface area (Å²) in [4.78, 5) is 16.1. The minimum atomic E-state index is 0.164. The number of aryl methyl sites for hydroxylation is 1. The molecule has 1 aliphatic rings. The summed E-state index contributed by atoms with van der Waals surface area (Å²) < 4.78 is 5.27. The molecule has 0 saturated carbocycles. The van der Waals surface area contributed by atoms with Gasteiger partial charge in [-0.3, -0.25) is 4.79 Å². The molecule has 1 atom stereocenters. The quantitative estimate of drug-likeness (QED) is 0.843. The normalized spacial score (nSPS) is 17.5. The van der Waals surface area contributed by atoms with Crippen molar-refractivity contribution in [3.05, 3.63) is 47.1 Å². The molecule has 1 unspecified atom stereocenters. The molecule has 0 fully saturated rings. The Labute approximate surface area is 124 Å². The van der Waals surface area contributed by atoms with Crippen LogP contribution in [0.4, 0.5) is 0 Å². The maximum Gasteiger partial charge on any atom is 0.234 e. The van der Waals surface area contributed by atoms with Crippen LogP contribution in [0.1, 0.15) is 61.4 Å². The second-order valence-corrected chi connectivity index (χ2v) is 5.66. The second kappa shape index (κ2) is 6.20. The standard InChI is InChI=1S/C17H20N2O2/c1-2-6-13(20)11-16-18-17(19-21-16)15-10-5-8-12-7-3-4-9-14(12)15/h3-4,7,9,15H,2,5-6,8,10-11H2,1H3. The first-order valence-electron chi connectivity index (χ1n) is 7.70. The zero-order valence-corrected chi connectivity index (χ0v) is 12.3.